The largest absolute Gasteiger partial charge is 0.497 e. The lowest BCUT2D eigenvalue weighted by Gasteiger charge is -2.41. The van der Waals surface area contributed by atoms with Gasteiger partial charge < -0.3 is 10.1 Å². The molecule has 2 aromatic carbocycles. The van der Waals surface area contributed by atoms with Crippen LogP contribution in [0.25, 0.3) is 11.0 Å². The summed E-state index contributed by atoms with van der Waals surface area (Å²) in [6.07, 6.45) is 3.60. The summed E-state index contributed by atoms with van der Waals surface area (Å²) in [7, 11) is 1.68. The normalized spacial score (nSPS) is 18.0. The third kappa shape index (κ3) is 3.16. The molecule has 4 aromatic rings. The minimum Gasteiger partial charge on any atom is -0.497 e. The number of hydrogen-bond donors (Lipinski definition) is 1. The molecule has 2 aliphatic heterocycles. The van der Waals surface area contributed by atoms with Gasteiger partial charge in [-0.3, -0.25) is 19.4 Å². The predicted octanol–water partition coefficient (Wildman–Crippen LogP) is 3.18. The Kier molecular flexibility index (Phi) is 4.50. The van der Waals surface area contributed by atoms with Gasteiger partial charge in [0.05, 0.1) is 31.5 Å². The van der Waals surface area contributed by atoms with E-state index in [4.69, 9.17) is 14.7 Å². The number of ether oxygens (including phenoxy) is 1. The smallest absolute Gasteiger partial charge is 0.216 e. The van der Waals surface area contributed by atoms with E-state index in [9.17, 15) is 0 Å². The zero-order valence-electron chi connectivity index (χ0n) is 17.7. The van der Waals surface area contributed by atoms with Gasteiger partial charge in [0, 0.05) is 18.9 Å². The average Bonchev–Trinajstić information content (AvgIpc) is 3.24. The van der Waals surface area contributed by atoms with Crippen LogP contribution in [0, 0.1) is 0 Å². The molecule has 0 fully saturated rings. The van der Waals surface area contributed by atoms with E-state index in [1.165, 1.54) is 5.56 Å². The van der Waals surface area contributed by atoms with Gasteiger partial charge in [-0.05, 0) is 41.5 Å². The first-order valence-electron chi connectivity index (χ1n) is 10.6. The molecule has 1 N–H and O–H groups in total. The molecule has 0 saturated carbocycles. The molecule has 2 aromatic heterocycles. The summed E-state index contributed by atoms with van der Waals surface area (Å²) < 4.78 is 7.60. The van der Waals surface area contributed by atoms with Gasteiger partial charge in [-0.15, -0.1) is 0 Å². The van der Waals surface area contributed by atoms with Crippen LogP contribution < -0.4 is 15.0 Å². The first-order chi connectivity index (χ1) is 15.8. The van der Waals surface area contributed by atoms with Crippen molar-refractivity contribution < 1.29 is 4.74 Å². The summed E-state index contributed by atoms with van der Waals surface area (Å²) in [5.74, 6) is 2.57. The fourth-order valence-corrected chi connectivity index (χ4v) is 4.38. The number of imidazole rings is 1. The highest BCUT2D eigenvalue weighted by molar-refractivity contribution is 5.98. The van der Waals surface area contributed by atoms with Crippen molar-refractivity contribution in [3.05, 3.63) is 84.2 Å². The highest BCUT2D eigenvalue weighted by Crippen LogP contribution is 2.34. The number of fused-ring (bicyclic) bond motifs is 5. The minimum atomic E-state index is -0.108. The molecule has 8 heteroatoms. The maximum Gasteiger partial charge on any atom is 0.216 e. The van der Waals surface area contributed by atoms with Gasteiger partial charge in [0.1, 0.15) is 11.9 Å². The molecule has 1 atom stereocenters. The third-order valence-electron chi connectivity index (χ3n) is 5.92. The number of aliphatic imine (C=N–C) groups is 1. The first-order valence-corrected chi connectivity index (χ1v) is 10.6. The van der Waals surface area contributed by atoms with Crippen molar-refractivity contribution in [2.75, 3.05) is 25.3 Å². The molecule has 6 rings (SSSR count). The summed E-state index contributed by atoms with van der Waals surface area (Å²) in [6, 6.07) is 20.5. The molecule has 0 radical (unpaired) electrons. The topological polar surface area (TPSA) is 70.8 Å². The first kappa shape index (κ1) is 18.8. The Morgan fingerprint density at radius 3 is 2.75 bits per heavy atom. The van der Waals surface area contributed by atoms with Crippen molar-refractivity contribution in [3.8, 4) is 5.75 Å². The number of para-hydroxylation sites is 2. The van der Waals surface area contributed by atoms with E-state index in [1.54, 1.807) is 13.3 Å². The highest BCUT2D eigenvalue weighted by Gasteiger charge is 2.35. The maximum atomic E-state index is 5.35. The van der Waals surface area contributed by atoms with Gasteiger partial charge in [0.15, 0.2) is 0 Å². The lowest BCUT2D eigenvalue weighted by Crippen LogP contribution is -2.57. The molecule has 8 nitrogen and oxygen atoms in total. The fraction of sp³-hybridized carbons (Fsp3) is 0.208. The van der Waals surface area contributed by atoms with Crippen LogP contribution in [0.4, 0.5) is 5.95 Å². The summed E-state index contributed by atoms with van der Waals surface area (Å²) >= 11 is 0. The number of guanidine groups is 1. The van der Waals surface area contributed by atoms with E-state index in [2.05, 4.69) is 61.1 Å². The Balaban J connectivity index is 1.41. The van der Waals surface area contributed by atoms with E-state index in [0.29, 0.717) is 13.3 Å². The molecule has 0 aliphatic carbocycles. The molecule has 0 unspecified atom stereocenters. The summed E-state index contributed by atoms with van der Waals surface area (Å²) in [4.78, 5) is 18.5. The van der Waals surface area contributed by atoms with Crippen molar-refractivity contribution in [2.24, 2.45) is 4.99 Å². The molecule has 0 spiro atoms. The second-order valence-electron chi connectivity index (χ2n) is 7.97. The molecule has 4 heterocycles. The third-order valence-corrected chi connectivity index (χ3v) is 5.92. The fourth-order valence-electron chi connectivity index (χ4n) is 4.38. The number of benzene rings is 2. The van der Waals surface area contributed by atoms with Gasteiger partial charge in [-0.1, -0.05) is 30.3 Å². The van der Waals surface area contributed by atoms with Crippen molar-refractivity contribution in [1.82, 2.24) is 24.8 Å². The molecule has 0 bridgehead atoms. The molecule has 32 heavy (non-hydrogen) atoms. The Labute approximate surface area is 185 Å². The monoisotopic (exact) mass is 425 g/mol. The molecule has 2 aliphatic rings. The number of anilines is 1. The number of nitrogens with one attached hydrogen (secondary N) is 1. The van der Waals surface area contributed by atoms with E-state index in [0.717, 1.165) is 40.8 Å². The Morgan fingerprint density at radius 2 is 1.94 bits per heavy atom. The van der Waals surface area contributed by atoms with Crippen LogP contribution in [0.2, 0.25) is 0 Å². The minimum absolute atomic E-state index is 0.108. The SMILES string of the molecule is COc1ccc([C@H]2NC3=NCN(Cc4cccnc4)CN3c3nc4ccccc4n32)cc1. The zero-order chi connectivity index (χ0) is 21.5. The summed E-state index contributed by atoms with van der Waals surface area (Å²) in [5, 5.41) is 3.65. The average molecular weight is 425 g/mol. The quantitative estimate of drug-likeness (QED) is 0.542. The van der Waals surface area contributed by atoms with E-state index < -0.39 is 0 Å². The molecule has 160 valence electrons. The molecular weight excluding hydrogens is 402 g/mol. The zero-order valence-corrected chi connectivity index (χ0v) is 17.7. The molecule has 0 amide bonds. The van der Waals surface area contributed by atoms with Gasteiger partial charge in [-0.25, -0.2) is 9.98 Å². The second kappa shape index (κ2) is 7.65. The predicted molar refractivity (Wildman–Crippen MR) is 123 cm³/mol. The number of rotatable bonds is 4. The van der Waals surface area contributed by atoms with Crippen LogP contribution in [0.1, 0.15) is 17.3 Å². The van der Waals surface area contributed by atoms with Gasteiger partial charge in [-0.2, -0.15) is 0 Å². The second-order valence-corrected chi connectivity index (χ2v) is 7.97. The van der Waals surface area contributed by atoms with Crippen molar-refractivity contribution >= 4 is 22.9 Å². The van der Waals surface area contributed by atoms with Crippen molar-refractivity contribution in [2.45, 2.75) is 12.7 Å². The number of pyridine rings is 1. The van der Waals surface area contributed by atoms with Crippen molar-refractivity contribution in [1.29, 1.82) is 0 Å². The van der Waals surface area contributed by atoms with Crippen LogP contribution in [-0.4, -0.2) is 45.8 Å². The summed E-state index contributed by atoms with van der Waals surface area (Å²) in [5.41, 5.74) is 4.34. The summed E-state index contributed by atoms with van der Waals surface area (Å²) in [6.45, 7) is 2.09. The maximum absolute atomic E-state index is 5.35. The van der Waals surface area contributed by atoms with Gasteiger partial charge in [0.25, 0.3) is 0 Å². The number of nitrogens with zero attached hydrogens (tertiary/aromatic N) is 6. The van der Waals surface area contributed by atoms with E-state index in [1.807, 2.05) is 30.5 Å². The molecule has 0 saturated heterocycles. The van der Waals surface area contributed by atoms with Crippen LogP contribution in [-0.2, 0) is 6.54 Å². The lowest BCUT2D eigenvalue weighted by atomic mass is 10.1. The highest BCUT2D eigenvalue weighted by atomic mass is 16.5. The standard InChI is InChI=1S/C24H23N7O/c1-32-19-10-8-18(9-11-19)22-28-23-26-15-29(14-17-5-4-12-25-13-17)16-30(23)24-27-20-6-2-3-7-21(20)31(22)24/h2-13,22H,14-16H2,1H3,(H,26,28)/t22-/m0/s1. The van der Waals surface area contributed by atoms with Gasteiger partial charge >= 0.3 is 0 Å². The van der Waals surface area contributed by atoms with Crippen LogP contribution in [0.3, 0.4) is 0 Å². The van der Waals surface area contributed by atoms with E-state index >= 15 is 0 Å². The van der Waals surface area contributed by atoms with Crippen LogP contribution in [0.5, 0.6) is 5.75 Å². The number of aromatic nitrogens is 3. The lowest BCUT2D eigenvalue weighted by molar-refractivity contribution is 0.263. The number of methoxy groups -OCH3 is 1. The van der Waals surface area contributed by atoms with Crippen LogP contribution >= 0.6 is 0 Å². The Hall–Kier alpha value is -3.91. The molecular formula is C24H23N7O. The van der Waals surface area contributed by atoms with E-state index in [-0.39, 0.29) is 6.17 Å². The van der Waals surface area contributed by atoms with Crippen molar-refractivity contribution in [3.63, 3.8) is 0 Å². The van der Waals surface area contributed by atoms with Crippen LogP contribution in [0.15, 0.2) is 78.0 Å². The Morgan fingerprint density at radius 1 is 1.06 bits per heavy atom. The van der Waals surface area contributed by atoms with Gasteiger partial charge in [0.2, 0.25) is 11.9 Å². The number of hydrogen-bond acceptors (Lipinski definition) is 7. The Bertz CT molecular complexity index is 1280.